The zero-order chi connectivity index (χ0) is 24.4. The Bertz CT molecular complexity index is 1190. The predicted octanol–water partition coefficient (Wildman–Crippen LogP) is 5.37. The molecule has 4 rings (SSSR count). The van der Waals surface area contributed by atoms with Crippen LogP contribution in [0.5, 0.6) is 11.5 Å². The smallest absolute Gasteiger partial charge is 0.336 e. The minimum Gasteiger partial charge on any atom is -0.503 e. The first-order valence-corrected chi connectivity index (χ1v) is 11.8. The van der Waals surface area contributed by atoms with Gasteiger partial charge in [-0.3, -0.25) is 4.79 Å². The zero-order valence-corrected chi connectivity index (χ0v) is 20.2. The van der Waals surface area contributed by atoms with Crippen molar-refractivity contribution in [3.05, 3.63) is 81.2 Å². The van der Waals surface area contributed by atoms with Gasteiger partial charge >= 0.3 is 5.97 Å². The van der Waals surface area contributed by atoms with E-state index in [0.717, 1.165) is 11.3 Å². The largest absolute Gasteiger partial charge is 0.503 e. The van der Waals surface area contributed by atoms with Crippen LogP contribution in [-0.4, -0.2) is 30.6 Å². The van der Waals surface area contributed by atoms with Crippen LogP contribution in [0.2, 0.25) is 5.02 Å². The first kappa shape index (κ1) is 23.9. The Balaban J connectivity index is 1.84. The van der Waals surface area contributed by atoms with E-state index in [1.165, 1.54) is 7.11 Å². The molecule has 0 saturated heterocycles. The number of ether oxygens (including phenoxy) is 2. The number of dihydropyridines is 1. The summed E-state index contributed by atoms with van der Waals surface area (Å²) in [7, 11) is 1.43. The molecule has 0 aromatic heterocycles. The number of allylic oxidation sites excluding steroid dienone is 3. The summed E-state index contributed by atoms with van der Waals surface area (Å²) in [6.45, 7) is 4.01. The van der Waals surface area contributed by atoms with Crippen LogP contribution in [0.15, 0.2) is 65.0 Å². The van der Waals surface area contributed by atoms with Crippen molar-refractivity contribution in [2.45, 2.75) is 44.9 Å². The van der Waals surface area contributed by atoms with Crippen molar-refractivity contribution in [2.24, 2.45) is 0 Å². The van der Waals surface area contributed by atoms with E-state index in [2.05, 4.69) is 5.32 Å². The second kappa shape index (κ2) is 9.94. The van der Waals surface area contributed by atoms with Crippen molar-refractivity contribution < 1.29 is 24.2 Å². The lowest BCUT2D eigenvalue weighted by Crippen LogP contribution is -2.36. The van der Waals surface area contributed by atoms with Crippen LogP contribution in [-0.2, 0) is 14.3 Å². The Morgan fingerprint density at radius 1 is 1.18 bits per heavy atom. The minimum absolute atomic E-state index is 0.0379. The Kier molecular flexibility index (Phi) is 6.98. The molecular weight excluding hydrogens is 454 g/mol. The number of methoxy groups -OCH3 is 1. The van der Waals surface area contributed by atoms with E-state index in [1.54, 1.807) is 12.1 Å². The molecule has 6 nitrogen and oxygen atoms in total. The molecule has 2 aromatic rings. The molecule has 0 saturated carbocycles. The third-order valence-corrected chi connectivity index (χ3v) is 6.65. The molecule has 0 unspecified atom stereocenters. The number of rotatable bonds is 6. The minimum atomic E-state index is -0.683. The van der Waals surface area contributed by atoms with Gasteiger partial charge in [-0.25, -0.2) is 4.79 Å². The highest BCUT2D eigenvalue weighted by Gasteiger charge is 2.41. The maximum absolute atomic E-state index is 13.6. The van der Waals surface area contributed by atoms with Crippen LogP contribution in [0, 0.1) is 0 Å². The number of carbonyl (C=O) groups is 2. The third-order valence-electron chi connectivity index (χ3n) is 6.36. The van der Waals surface area contributed by atoms with Gasteiger partial charge in [0.2, 0.25) is 0 Å². The number of carbonyl (C=O) groups excluding carboxylic acids is 2. The van der Waals surface area contributed by atoms with Crippen molar-refractivity contribution in [3.63, 3.8) is 0 Å². The molecule has 7 heteroatoms. The number of ketones is 1. The van der Waals surface area contributed by atoms with E-state index >= 15 is 0 Å². The highest BCUT2D eigenvalue weighted by atomic mass is 35.5. The van der Waals surface area contributed by atoms with Crippen LogP contribution >= 0.6 is 11.6 Å². The molecule has 0 spiro atoms. The fourth-order valence-electron chi connectivity index (χ4n) is 4.79. The van der Waals surface area contributed by atoms with Gasteiger partial charge in [-0.15, -0.1) is 0 Å². The second-order valence-electron chi connectivity index (χ2n) is 8.62. The van der Waals surface area contributed by atoms with Gasteiger partial charge in [0.15, 0.2) is 17.3 Å². The number of benzene rings is 2. The summed E-state index contributed by atoms with van der Waals surface area (Å²) >= 11 is 6.30. The fourth-order valence-corrected chi connectivity index (χ4v) is 5.01. The van der Waals surface area contributed by atoms with Crippen molar-refractivity contribution >= 4 is 23.4 Å². The van der Waals surface area contributed by atoms with Crippen LogP contribution < -0.4 is 10.1 Å². The Labute approximate surface area is 204 Å². The standard InChI is InChI=1S/C27H28ClNO5/c1-4-10-34-27(32)23-15(2)29-20-12-17(16-8-6-5-7-9-16)13-21(30)25(20)24(23)18-11-19(28)26(31)22(14-18)33-3/h5-9,11,14,17,24,29,31H,4,10,12-13H2,1-3H3/t17-,24+/m1/s1. The summed E-state index contributed by atoms with van der Waals surface area (Å²) in [5.41, 5.74) is 4.01. The second-order valence-corrected chi connectivity index (χ2v) is 9.02. The molecule has 2 aliphatic rings. The van der Waals surface area contributed by atoms with Gasteiger partial charge < -0.3 is 19.9 Å². The molecule has 0 fully saturated rings. The van der Waals surface area contributed by atoms with Gasteiger partial charge in [0.25, 0.3) is 0 Å². The summed E-state index contributed by atoms with van der Waals surface area (Å²) in [6.07, 6.45) is 1.65. The lowest BCUT2D eigenvalue weighted by atomic mass is 9.71. The van der Waals surface area contributed by atoms with Crippen LogP contribution in [0.3, 0.4) is 0 Å². The Morgan fingerprint density at radius 3 is 2.59 bits per heavy atom. The molecular formula is C27H28ClNO5. The van der Waals surface area contributed by atoms with E-state index in [1.807, 2.05) is 44.2 Å². The number of hydrogen-bond donors (Lipinski definition) is 2. The number of aromatic hydroxyl groups is 1. The summed E-state index contributed by atoms with van der Waals surface area (Å²) in [4.78, 5) is 26.8. The topological polar surface area (TPSA) is 84.9 Å². The fraction of sp³-hybridized carbons (Fsp3) is 0.333. The van der Waals surface area contributed by atoms with Crippen molar-refractivity contribution in [1.82, 2.24) is 5.32 Å². The van der Waals surface area contributed by atoms with Gasteiger partial charge in [0, 0.05) is 29.3 Å². The van der Waals surface area contributed by atoms with Crippen molar-refractivity contribution in [3.8, 4) is 11.5 Å². The third kappa shape index (κ3) is 4.42. The van der Waals surface area contributed by atoms with Gasteiger partial charge in [-0.2, -0.15) is 0 Å². The monoisotopic (exact) mass is 481 g/mol. The quantitative estimate of drug-likeness (QED) is 0.539. The van der Waals surface area contributed by atoms with Gasteiger partial charge in [-0.05, 0) is 48.9 Å². The maximum atomic E-state index is 13.6. The number of hydrogen-bond acceptors (Lipinski definition) is 6. The average molecular weight is 482 g/mol. The van der Waals surface area contributed by atoms with Gasteiger partial charge in [-0.1, -0.05) is 48.9 Å². The van der Waals surface area contributed by atoms with E-state index in [-0.39, 0.29) is 34.8 Å². The normalized spacial score (nSPS) is 20.1. The number of Topliss-reactive ketones (excluding diaryl/α,β-unsaturated/α-hetero) is 1. The number of esters is 1. The molecule has 178 valence electrons. The van der Waals surface area contributed by atoms with Crippen LogP contribution in [0.4, 0.5) is 0 Å². The van der Waals surface area contributed by atoms with E-state index < -0.39 is 11.9 Å². The number of phenols is 1. The van der Waals surface area contributed by atoms with Gasteiger partial charge in [0.05, 0.1) is 24.3 Å². The van der Waals surface area contributed by atoms with Crippen LogP contribution in [0.1, 0.15) is 56.1 Å². The average Bonchev–Trinajstić information content (AvgIpc) is 2.83. The lowest BCUT2D eigenvalue weighted by Gasteiger charge is -2.37. The van der Waals surface area contributed by atoms with Crippen molar-refractivity contribution in [2.75, 3.05) is 13.7 Å². The van der Waals surface area contributed by atoms with Crippen LogP contribution in [0.25, 0.3) is 0 Å². The zero-order valence-electron chi connectivity index (χ0n) is 19.5. The highest BCUT2D eigenvalue weighted by Crippen LogP contribution is 2.48. The molecule has 0 amide bonds. The number of phenolic OH excluding ortho intramolecular Hbond substituents is 1. The predicted molar refractivity (Wildman–Crippen MR) is 130 cm³/mol. The molecule has 2 N–H and O–H groups in total. The summed E-state index contributed by atoms with van der Waals surface area (Å²) < 4.78 is 10.8. The summed E-state index contributed by atoms with van der Waals surface area (Å²) in [6, 6.07) is 13.2. The molecule has 2 atom stereocenters. The molecule has 34 heavy (non-hydrogen) atoms. The van der Waals surface area contributed by atoms with Crippen molar-refractivity contribution in [1.29, 1.82) is 0 Å². The lowest BCUT2D eigenvalue weighted by molar-refractivity contribution is -0.139. The highest BCUT2D eigenvalue weighted by molar-refractivity contribution is 6.32. The first-order chi connectivity index (χ1) is 16.3. The molecule has 1 aliphatic carbocycles. The molecule has 1 aliphatic heterocycles. The Morgan fingerprint density at radius 2 is 1.91 bits per heavy atom. The number of nitrogens with one attached hydrogen (secondary N) is 1. The van der Waals surface area contributed by atoms with E-state index in [9.17, 15) is 14.7 Å². The Hall–Kier alpha value is -3.25. The SMILES string of the molecule is CCCOC(=O)C1=C(C)NC2=C(C(=O)C[C@H](c3ccccc3)C2)[C@H]1c1cc(Cl)c(O)c(OC)c1. The van der Waals surface area contributed by atoms with E-state index in [0.29, 0.717) is 41.7 Å². The molecule has 0 radical (unpaired) electrons. The molecule has 2 aromatic carbocycles. The van der Waals surface area contributed by atoms with E-state index in [4.69, 9.17) is 21.1 Å². The molecule has 1 heterocycles. The summed E-state index contributed by atoms with van der Waals surface area (Å²) in [5.74, 6) is -1.18. The number of halogens is 1. The first-order valence-electron chi connectivity index (χ1n) is 11.4. The maximum Gasteiger partial charge on any atom is 0.336 e. The van der Waals surface area contributed by atoms with Gasteiger partial charge in [0.1, 0.15) is 0 Å². The molecule has 0 bridgehead atoms. The summed E-state index contributed by atoms with van der Waals surface area (Å²) in [5, 5.41) is 13.7.